The summed E-state index contributed by atoms with van der Waals surface area (Å²) in [6.45, 7) is 3.18. The third kappa shape index (κ3) is 5.12. The molecule has 1 aromatic rings. The van der Waals surface area contributed by atoms with Crippen molar-refractivity contribution in [2.45, 2.75) is 19.0 Å². The average molecular weight is 260 g/mol. The Hall–Kier alpha value is -1.09. The Morgan fingerprint density at radius 1 is 1.44 bits per heavy atom. The fourth-order valence-corrected chi connectivity index (χ4v) is 0.689. The van der Waals surface area contributed by atoms with E-state index in [4.69, 9.17) is 13.0 Å². The summed E-state index contributed by atoms with van der Waals surface area (Å²) in [5.74, 6) is 0. The van der Waals surface area contributed by atoms with Gasteiger partial charge in [-0.2, -0.15) is 13.2 Å². The molecule has 0 saturated heterocycles. The largest absolute Gasteiger partial charge is 0.741 e. The van der Waals surface area contributed by atoms with E-state index in [1.54, 1.807) is 0 Å². The minimum absolute atomic E-state index is 1.06. The van der Waals surface area contributed by atoms with E-state index >= 15 is 0 Å². The third-order valence-corrected chi connectivity index (χ3v) is 2.04. The van der Waals surface area contributed by atoms with E-state index < -0.39 is 15.6 Å². The highest BCUT2D eigenvalue weighted by atomic mass is 32.2. The Morgan fingerprint density at radius 3 is 2.00 bits per heavy atom. The smallest absolute Gasteiger partial charge is 0.485 e. The lowest BCUT2D eigenvalue weighted by Crippen LogP contribution is -2.28. The summed E-state index contributed by atoms with van der Waals surface area (Å²) in [7, 11) is -4.07. The molecule has 0 aliphatic carbocycles. The maximum atomic E-state index is 10.7. The van der Waals surface area contributed by atoms with Crippen molar-refractivity contribution in [2.75, 3.05) is 0 Å². The molecule has 0 saturated carbocycles. The minimum atomic E-state index is -6.09. The molecule has 0 spiro atoms. The summed E-state index contributed by atoms with van der Waals surface area (Å²) in [5.41, 5.74) is -5.65. The van der Waals surface area contributed by atoms with Crippen LogP contribution in [-0.2, 0) is 23.7 Å². The number of halogens is 3. The average Bonchev–Trinajstić information content (AvgIpc) is 2.48. The number of imidazole rings is 1. The molecular weight excluding hydrogens is 249 g/mol. The first-order chi connectivity index (χ1) is 7.08. The van der Waals surface area contributed by atoms with Crippen LogP contribution in [0.15, 0.2) is 18.7 Å². The molecule has 5 nitrogen and oxygen atoms in total. The quantitative estimate of drug-likeness (QED) is 0.416. The van der Waals surface area contributed by atoms with Crippen LogP contribution in [0.3, 0.4) is 0 Å². The number of alkyl halides is 3. The molecule has 0 atom stereocenters. The van der Waals surface area contributed by atoms with Crippen LogP contribution in [0.2, 0.25) is 0 Å². The lowest BCUT2D eigenvalue weighted by molar-refractivity contribution is -0.693. The Labute approximate surface area is 90.9 Å². The normalized spacial score (nSPS) is 11.9. The molecule has 1 rings (SSSR count). The molecule has 0 aromatic carbocycles. The van der Waals surface area contributed by atoms with E-state index in [0.717, 1.165) is 6.54 Å². The van der Waals surface area contributed by atoms with Gasteiger partial charge >= 0.3 is 5.51 Å². The first-order valence-electron chi connectivity index (χ1n) is 4.11. The first-order valence-corrected chi connectivity index (χ1v) is 5.52. The van der Waals surface area contributed by atoms with Crippen LogP contribution in [0.4, 0.5) is 13.2 Å². The van der Waals surface area contributed by atoms with Crippen LogP contribution >= 0.6 is 0 Å². The van der Waals surface area contributed by atoms with Gasteiger partial charge in [0.25, 0.3) is 0 Å². The van der Waals surface area contributed by atoms with Crippen molar-refractivity contribution in [3.8, 4) is 0 Å². The molecule has 1 aromatic heterocycles. The summed E-state index contributed by atoms with van der Waals surface area (Å²) >= 11 is 0. The zero-order valence-corrected chi connectivity index (χ0v) is 9.42. The van der Waals surface area contributed by atoms with Gasteiger partial charge in [-0.1, -0.05) is 0 Å². The zero-order chi connectivity index (χ0) is 13.0. The zero-order valence-electron chi connectivity index (χ0n) is 8.60. The van der Waals surface area contributed by atoms with Crippen molar-refractivity contribution in [3.63, 3.8) is 0 Å². The highest BCUT2D eigenvalue weighted by Gasteiger charge is 2.36. The SMILES string of the molecule is CC[n+]1ccn(C)c1.O=S(=O)([O-])C(F)(F)F. The molecule has 0 aliphatic rings. The van der Waals surface area contributed by atoms with Crippen molar-refractivity contribution in [1.29, 1.82) is 0 Å². The van der Waals surface area contributed by atoms with Gasteiger partial charge in [0.1, 0.15) is 12.4 Å². The van der Waals surface area contributed by atoms with Crippen LogP contribution in [0.25, 0.3) is 0 Å². The van der Waals surface area contributed by atoms with Crippen LogP contribution < -0.4 is 4.57 Å². The van der Waals surface area contributed by atoms with Crippen LogP contribution in [0.1, 0.15) is 6.92 Å². The van der Waals surface area contributed by atoms with Gasteiger partial charge in [-0.3, -0.25) is 0 Å². The lowest BCUT2D eigenvalue weighted by Gasteiger charge is -2.08. The lowest BCUT2D eigenvalue weighted by atomic mass is 10.7. The molecule has 0 amide bonds. The molecule has 0 radical (unpaired) electrons. The molecule has 0 N–H and O–H groups in total. The van der Waals surface area contributed by atoms with Gasteiger partial charge in [0.2, 0.25) is 6.33 Å². The van der Waals surface area contributed by atoms with Gasteiger partial charge in [-0.05, 0) is 6.92 Å². The van der Waals surface area contributed by atoms with Gasteiger partial charge < -0.3 is 4.55 Å². The molecule has 1 heterocycles. The molecule has 94 valence electrons. The van der Waals surface area contributed by atoms with Crippen molar-refractivity contribution >= 4 is 10.1 Å². The van der Waals surface area contributed by atoms with E-state index in [9.17, 15) is 13.2 Å². The Kier molecular flexibility index (Phi) is 4.94. The molecular formula is C7H11F3N2O3S. The molecule has 16 heavy (non-hydrogen) atoms. The fourth-order valence-electron chi connectivity index (χ4n) is 0.689. The van der Waals surface area contributed by atoms with E-state index in [1.165, 1.54) is 0 Å². The Bertz CT molecular complexity index is 424. The fraction of sp³-hybridized carbons (Fsp3) is 0.571. The van der Waals surface area contributed by atoms with Crippen LogP contribution in [-0.4, -0.2) is 23.0 Å². The number of aromatic nitrogens is 2. The standard InChI is InChI=1S/C6H11N2.CHF3O3S/c1-3-8-5-4-7(2)6-8;2-1(3,4)8(5,6)7/h4-6H,3H2,1-2H3;(H,5,6,7)/q+1;/p-1. The second-order valence-electron chi connectivity index (χ2n) is 2.81. The minimum Gasteiger partial charge on any atom is -0.741 e. The predicted molar refractivity (Wildman–Crippen MR) is 47.0 cm³/mol. The van der Waals surface area contributed by atoms with Crippen LogP contribution in [0, 0.1) is 0 Å². The van der Waals surface area contributed by atoms with Gasteiger partial charge in [0.15, 0.2) is 10.1 Å². The van der Waals surface area contributed by atoms with Crippen LogP contribution in [0.5, 0.6) is 0 Å². The van der Waals surface area contributed by atoms with Gasteiger partial charge in [-0.15, -0.1) is 0 Å². The summed E-state index contributed by atoms with van der Waals surface area (Å²) in [6, 6.07) is 0. The van der Waals surface area contributed by atoms with E-state index in [1.807, 2.05) is 17.8 Å². The molecule has 9 heteroatoms. The van der Waals surface area contributed by atoms with Gasteiger partial charge in [-0.25, -0.2) is 17.6 Å². The van der Waals surface area contributed by atoms with E-state index in [0.29, 0.717) is 0 Å². The van der Waals surface area contributed by atoms with Gasteiger partial charge in [0, 0.05) is 0 Å². The van der Waals surface area contributed by atoms with Crippen molar-refractivity contribution in [3.05, 3.63) is 18.7 Å². The monoisotopic (exact) mass is 260 g/mol. The van der Waals surface area contributed by atoms with Crippen molar-refractivity contribution in [1.82, 2.24) is 4.57 Å². The summed E-state index contributed by atoms with van der Waals surface area (Å²) < 4.78 is 63.1. The molecule has 0 aliphatic heterocycles. The second kappa shape index (κ2) is 5.30. The number of aryl methyl sites for hydroxylation is 2. The summed E-state index contributed by atoms with van der Waals surface area (Å²) in [6.07, 6.45) is 6.14. The maximum absolute atomic E-state index is 10.7. The maximum Gasteiger partial charge on any atom is 0.485 e. The molecule has 0 unspecified atom stereocenters. The van der Waals surface area contributed by atoms with E-state index in [2.05, 4.69) is 24.0 Å². The molecule has 0 fully saturated rings. The predicted octanol–water partition coefficient (Wildman–Crippen LogP) is 0.384. The highest BCUT2D eigenvalue weighted by molar-refractivity contribution is 7.86. The number of nitrogens with zero attached hydrogens (tertiary/aromatic N) is 2. The first kappa shape index (κ1) is 14.9. The van der Waals surface area contributed by atoms with Gasteiger partial charge in [0.05, 0.1) is 13.6 Å². The van der Waals surface area contributed by atoms with Crippen molar-refractivity contribution < 1.29 is 30.7 Å². The topological polar surface area (TPSA) is 66.0 Å². The summed E-state index contributed by atoms with van der Waals surface area (Å²) in [4.78, 5) is 0. The Balaban J connectivity index is 0.000000281. The number of rotatable bonds is 1. The molecule has 0 bridgehead atoms. The number of hydrogen-bond donors (Lipinski definition) is 0. The number of hydrogen-bond acceptors (Lipinski definition) is 3. The second-order valence-corrected chi connectivity index (χ2v) is 4.18. The highest BCUT2D eigenvalue weighted by Crippen LogP contribution is 2.20. The third-order valence-electron chi connectivity index (χ3n) is 1.47. The van der Waals surface area contributed by atoms with Crippen molar-refractivity contribution in [2.24, 2.45) is 7.05 Å². The Morgan fingerprint density at radius 2 is 1.88 bits per heavy atom. The summed E-state index contributed by atoms with van der Waals surface area (Å²) in [5, 5.41) is 0. The van der Waals surface area contributed by atoms with E-state index in [-0.39, 0.29) is 0 Å².